The molecule has 0 spiro atoms. The molecule has 2 aromatic heterocycles. The smallest absolute Gasteiger partial charge is 0.341 e. The molecule has 6 rings (SSSR count). The van der Waals surface area contributed by atoms with Crippen LogP contribution < -0.4 is 19.3 Å². The van der Waals surface area contributed by atoms with Gasteiger partial charge in [-0.25, -0.2) is 65.0 Å². The van der Waals surface area contributed by atoms with Crippen molar-refractivity contribution in [3.8, 4) is 23.0 Å². The Labute approximate surface area is 474 Å². The van der Waals surface area contributed by atoms with Crippen LogP contribution in [0.1, 0.15) is 132 Å². The molecule has 0 unspecified atom stereocenters. The van der Waals surface area contributed by atoms with E-state index in [-0.39, 0.29) is 50.2 Å². The number of sulfonamides is 2. The molecule has 0 saturated heterocycles. The Morgan fingerprint density at radius 1 is 0.593 bits per heavy atom. The number of hydrogen-bond donors (Lipinski definition) is 3. The number of esters is 3. The molecule has 25 heteroatoms. The second-order valence-corrected chi connectivity index (χ2v) is 23.2. The summed E-state index contributed by atoms with van der Waals surface area (Å²) in [6.45, 7) is 13.0. The van der Waals surface area contributed by atoms with Crippen LogP contribution in [-0.4, -0.2) is 83.6 Å². The predicted molar refractivity (Wildman–Crippen MR) is 296 cm³/mol. The Morgan fingerprint density at radius 2 is 1.00 bits per heavy atom. The van der Waals surface area contributed by atoms with Crippen LogP contribution >= 0.6 is 11.6 Å². The van der Waals surface area contributed by atoms with Crippen molar-refractivity contribution < 1.29 is 73.6 Å². The van der Waals surface area contributed by atoms with E-state index in [0.29, 0.717) is 91.2 Å². The van der Waals surface area contributed by atoms with Crippen molar-refractivity contribution in [1.29, 1.82) is 0 Å². The first-order chi connectivity index (χ1) is 38.0. The highest BCUT2D eigenvalue weighted by Crippen LogP contribution is 2.28. The van der Waals surface area contributed by atoms with Gasteiger partial charge in [-0.1, -0.05) is 12.8 Å². The summed E-state index contributed by atoms with van der Waals surface area (Å²) < 4.78 is 105. The second-order valence-electron chi connectivity index (χ2n) is 19.7. The van der Waals surface area contributed by atoms with Crippen molar-refractivity contribution in [3.05, 3.63) is 149 Å². The van der Waals surface area contributed by atoms with Gasteiger partial charge in [0.05, 0.1) is 27.5 Å². The summed E-state index contributed by atoms with van der Waals surface area (Å²) in [7, 11) is -7.80. The Kier molecular flexibility index (Phi) is 25.0. The van der Waals surface area contributed by atoms with E-state index in [0.717, 1.165) is 31.7 Å². The third-order valence-electron chi connectivity index (χ3n) is 10.5. The lowest BCUT2D eigenvalue weighted by atomic mass is 10.1. The van der Waals surface area contributed by atoms with Crippen LogP contribution in [-0.2, 0) is 56.7 Å². The average Bonchev–Trinajstić information content (AvgIpc) is 3.38. The van der Waals surface area contributed by atoms with Crippen LogP contribution in [0, 0.1) is 11.6 Å². The first-order valence-electron chi connectivity index (χ1n) is 25.3. The summed E-state index contributed by atoms with van der Waals surface area (Å²) in [6, 6.07) is 20.0. The Bertz CT molecular complexity index is 3270. The van der Waals surface area contributed by atoms with Gasteiger partial charge in [0.1, 0.15) is 45.8 Å². The van der Waals surface area contributed by atoms with Crippen LogP contribution in [0.25, 0.3) is 0 Å². The standard InChI is InChI=1S/C27H30FN3O7S.C22H28FNO5S.C7H7ClN2O2/c1-27(2,3)38-24(32)8-6-4-5-7-18-15-21(11-14-23(18)28)37-20-9-12-22(13-10-20)39(35,36)31-26-29-16-19(17-30-26)25(33)34;1-22(2,3)29-21(25)8-6-4-5-7-16-15-18(11-14-20(16)23)28-17-9-12-19(13-10-17)30(24,26)27;1-2-12-6(11)5-3-9-7(8)10-4-5/h9-17H,4-8H2,1-3H3,(H,33,34)(H,29,30,31);9-15H,4-8H2,1-3H3,(H2,24,26,27);3-4H,2H2,1H3. The van der Waals surface area contributed by atoms with Crippen LogP contribution in [0.3, 0.4) is 0 Å². The van der Waals surface area contributed by atoms with E-state index in [9.17, 15) is 44.8 Å². The van der Waals surface area contributed by atoms with Gasteiger partial charge in [-0.2, -0.15) is 0 Å². The molecular formula is C56H65ClF2N6O14S2. The normalized spacial score (nSPS) is 11.4. The lowest BCUT2D eigenvalue weighted by molar-refractivity contribution is -0.156. The van der Waals surface area contributed by atoms with E-state index in [1.807, 2.05) is 41.5 Å². The maximum absolute atomic E-state index is 14.3. The fourth-order valence-corrected chi connectivity index (χ4v) is 8.45. The van der Waals surface area contributed by atoms with Crippen molar-refractivity contribution in [2.24, 2.45) is 5.14 Å². The number of carbonyl (C=O) groups is 4. The van der Waals surface area contributed by atoms with Gasteiger partial charge < -0.3 is 28.8 Å². The molecule has 0 atom stereocenters. The number of nitrogens with one attached hydrogen (secondary N) is 1. The van der Waals surface area contributed by atoms with Crippen LogP contribution in [0.15, 0.2) is 120 Å². The number of nitrogens with zero attached hydrogens (tertiary/aromatic N) is 4. The molecule has 0 aliphatic carbocycles. The zero-order valence-electron chi connectivity index (χ0n) is 45.7. The van der Waals surface area contributed by atoms with Gasteiger partial charge in [-0.15, -0.1) is 0 Å². The number of unbranched alkanes of at least 4 members (excludes halogenated alkanes) is 4. The molecule has 0 aliphatic heterocycles. The zero-order valence-corrected chi connectivity index (χ0v) is 48.1. The number of rotatable bonds is 23. The van der Waals surface area contributed by atoms with Crippen LogP contribution in [0.4, 0.5) is 14.7 Å². The largest absolute Gasteiger partial charge is 0.478 e. The molecule has 81 heavy (non-hydrogen) atoms. The number of anilines is 1. The predicted octanol–water partition coefficient (Wildman–Crippen LogP) is 11.4. The molecule has 4 aromatic carbocycles. The Hall–Kier alpha value is -7.67. The van der Waals surface area contributed by atoms with Crippen molar-refractivity contribution in [2.75, 3.05) is 11.3 Å². The first-order valence-corrected chi connectivity index (χ1v) is 28.7. The second kappa shape index (κ2) is 30.8. The average molecular weight is 1180 g/mol. The van der Waals surface area contributed by atoms with E-state index in [2.05, 4.69) is 24.7 Å². The highest BCUT2D eigenvalue weighted by Gasteiger charge is 2.19. The van der Waals surface area contributed by atoms with E-state index < -0.39 is 43.2 Å². The number of aromatic carboxylic acids is 1. The van der Waals surface area contributed by atoms with Gasteiger partial charge in [-0.05, 0) is 195 Å². The molecule has 0 saturated carbocycles. The quantitative estimate of drug-likeness (QED) is 0.0232. The van der Waals surface area contributed by atoms with Crippen molar-refractivity contribution in [3.63, 3.8) is 0 Å². The minimum Gasteiger partial charge on any atom is -0.478 e. The highest BCUT2D eigenvalue weighted by molar-refractivity contribution is 7.92. The number of primary sulfonamides is 1. The molecule has 4 N–H and O–H groups in total. The highest BCUT2D eigenvalue weighted by atomic mass is 35.5. The fourth-order valence-electron chi connectivity index (χ4n) is 6.88. The van der Waals surface area contributed by atoms with E-state index in [4.69, 9.17) is 45.5 Å². The van der Waals surface area contributed by atoms with Gasteiger partial charge in [0.25, 0.3) is 10.0 Å². The minimum absolute atomic E-state index is 0.0129. The minimum atomic E-state index is -4.03. The maximum atomic E-state index is 14.3. The molecule has 0 fully saturated rings. The van der Waals surface area contributed by atoms with Crippen molar-refractivity contribution in [2.45, 2.75) is 134 Å². The zero-order chi connectivity index (χ0) is 60.0. The number of benzene rings is 4. The third-order valence-corrected chi connectivity index (χ3v) is 13.0. The number of carboxylic acids is 1. The number of aryl methyl sites for hydroxylation is 2. The topological polar surface area (TPSA) is 293 Å². The molecule has 436 valence electrons. The lowest BCUT2D eigenvalue weighted by Gasteiger charge is -2.19. The first kappa shape index (κ1) is 65.8. The number of aromatic nitrogens is 4. The van der Waals surface area contributed by atoms with E-state index in [1.165, 1.54) is 85.2 Å². The summed E-state index contributed by atoms with van der Waals surface area (Å²) in [6.07, 6.45) is 10.5. The summed E-state index contributed by atoms with van der Waals surface area (Å²) in [5.74, 6) is -1.51. The van der Waals surface area contributed by atoms with E-state index in [1.54, 1.807) is 19.1 Å². The molecule has 0 aliphatic rings. The Balaban J connectivity index is 0.000000295. The van der Waals surface area contributed by atoms with Gasteiger partial charge in [0.2, 0.25) is 21.3 Å². The summed E-state index contributed by atoms with van der Waals surface area (Å²) in [5, 5.41) is 14.1. The molecule has 0 radical (unpaired) electrons. The maximum Gasteiger partial charge on any atom is 0.341 e. The van der Waals surface area contributed by atoms with Crippen molar-refractivity contribution >= 4 is 61.5 Å². The number of carbonyl (C=O) groups excluding carboxylic acids is 3. The molecule has 6 aromatic rings. The summed E-state index contributed by atoms with van der Waals surface area (Å²) in [4.78, 5) is 59.9. The van der Waals surface area contributed by atoms with Crippen LogP contribution in [0.5, 0.6) is 23.0 Å². The number of halogens is 3. The number of ether oxygens (including phenoxy) is 5. The SMILES string of the molecule is CC(C)(C)OC(=O)CCCCCc1cc(Oc2ccc(S(=O)(=O)Nc3ncc(C(=O)O)cn3)cc2)ccc1F.CC(C)(C)OC(=O)CCCCCc1cc(Oc2ccc(S(N)(=O)=O)cc2)ccc1F.CCOC(=O)c1cnc(Cl)nc1. The van der Waals surface area contributed by atoms with Gasteiger partial charge in [0, 0.05) is 37.6 Å². The van der Waals surface area contributed by atoms with E-state index >= 15 is 0 Å². The number of hydrogen-bond acceptors (Lipinski definition) is 17. The molecule has 0 amide bonds. The summed E-state index contributed by atoms with van der Waals surface area (Å²) in [5.41, 5.74) is 0.119. The molecule has 0 bridgehead atoms. The summed E-state index contributed by atoms with van der Waals surface area (Å²) >= 11 is 5.42. The monoisotopic (exact) mass is 1180 g/mol. The molecule has 2 heterocycles. The number of nitrogens with two attached hydrogens (primary N) is 1. The third kappa shape index (κ3) is 24.7. The fraction of sp³-hybridized carbons (Fsp3) is 0.357. The Morgan fingerprint density at radius 3 is 1.40 bits per heavy atom. The van der Waals surface area contributed by atoms with Gasteiger partial charge in [-0.3, -0.25) is 9.59 Å². The van der Waals surface area contributed by atoms with Crippen LogP contribution in [0.2, 0.25) is 5.28 Å². The van der Waals surface area contributed by atoms with Gasteiger partial charge >= 0.3 is 23.9 Å². The van der Waals surface area contributed by atoms with Crippen molar-refractivity contribution in [1.82, 2.24) is 19.9 Å². The lowest BCUT2D eigenvalue weighted by Crippen LogP contribution is -2.23. The molecular weight excluding hydrogens is 1120 g/mol. The number of carboxylic acid groups (broad SMARTS) is 1. The van der Waals surface area contributed by atoms with Gasteiger partial charge in [0.15, 0.2) is 0 Å². The molecule has 20 nitrogen and oxygen atoms in total.